The summed E-state index contributed by atoms with van der Waals surface area (Å²) in [5.41, 5.74) is 4.05. The van der Waals surface area contributed by atoms with E-state index in [1.54, 1.807) is 29.6 Å². The number of carbonyl (C=O) groups is 2. The van der Waals surface area contributed by atoms with Crippen LogP contribution in [0.1, 0.15) is 27.9 Å². The van der Waals surface area contributed by atoms with Crippen LogP contribution in [0.25, 0.3) is 0 Å². The van der Waals surface area contributed by atoms with Crippen molar-refractivity contribution in [2.24, 2.45) is 0 Å². The summed E-state index contributed by atoms with van der Waals surface area (Å²) in [5.74, 6) is -0.552. The standard InChI is InChI=1S/C15H21N3O4/c1-22-8-2-6-16-15(20)18-7-5-11-3-4-12(14(19)17-21)9-13(11)10-18/h3-4,9,21H,2,5-8,10H2,1H3,(H,16,20)(H,17,19). The number of amides is 3. The predicted octanol–water partition coefficient (Wildman–Crippen LogP) is 0.910. The molecule has 2 rings (SSSR count). The molecule has 0 atom stereocenters. The SMILES string of the molecule is COCCCNC(=O)N1CCc2ccc(C(=O)NO)cc2C1. The molecule has 0 saturated heterocycles. The van der Waals surface area contributed by atoms with E-state index >= 15 is 0 Å². The second-order valence-corrected chi connectivity index (χ2v) is 5.17. The van der Waals surface area contributed by atoms with Gasteiger partial charge in [0.15, 0.2) is 0 Å². The van der Waals surface area contributed by atoms with Crippen LogP contribution in [-0.4, -0.2) is 48.9 Å². The molecule has 120 valence electrons. The Kier molecular flexibility index (Phi) is 5.74. The van der Waals surface area contributed by atoms with E-state index < -0.39 is 5.91 Å². The zero-order valence-electron chi connectivity index (χ0n) is 12.6. The van der Waals surface area contributed by atoms with Gasteiger partial charge < -0.3 is 15.0 Å². The van der Waals surface area contributed by atoms with Crippen molar-refractivity contribution in [2.45, 2.75) is 19.4 Å². The summed E-state index contributed by atoms with van der Waals surface area (Å²) >= 11 is 0. The van der Waals surface area contributed by atoms with Crippen molar-refractivity contribution in [3.63, 3.8) is 0 Å². The highest BCUT2D eigenvalue weighted by Gasteiger charge is 2.21. The highest BCUT2D eigenvalue weighted by molar-refractivity contribution is 5.93. The number of rotatable bonds is 5. The van der Waals surface area contributed by atoms with Crippen LogP contribution in [0, 0.1) is 0 Å². The van der Waals surface area contributed by atoms with Crippen LogP contribution >= 0.6 is 0 Å². The molecule has 0 unspecified atom stereocenters. The lowest BCUT2D eigenvalue weighted by molar-refractivity contribution is 0.0706. The van der Waals surface area contributed by atoms with E-state index in [4.69, 9.17) is 9.94 Å². The maximum absolute atomic E-state index is 12.1. The Morgan fingerprint density at radius 3 is 2.91 bits per heavy atom. The normalized spacial score (nSPS) is 13.5. The molecule has 1 heterocycles. The van der Waals surface area contributed by atoms with Gasteiger partial charge in [-0.05, 0) is 36.1 Å². The quantitative estimate of drug-likeness (QED) is 0.428. The second kappa shape index (κ2) is 7.77. The molecule has 0 bridgehead atoms. The molecule has 22 heavy (non-hydrogen) atoms. The van der Waals surface area contributed by atoms with Crippen LogP contribution in [0.5, 0.6) is 0 Å². The third kappa shape index (κ3) is 3.96. The summed E-state index contributed by atoms with van der Waals surface area (Å²) < 4.78 is 4.94. The highest BCUT2D eigenvalue weighted by atomic mass is 16.5. The van der Waals surface area contributed by atoms with Crippen molar-refractivity contribution in [3.05, 3.63) is 34.9 Å². The number of hydrogen-bond acceptors (Lipinski definition) is 4. The van der Waals surface area contributed by atoms with Crippen molar-refractivity contribution in [2.75, 3.05) is 26.8 Å². The monoisotopic (exact) mass is 307 g/mol. The molecule has 0 fully saturated rings. The van der Waals surface area contributed by atoms with Crippen LogP contribution in [-0.2, 0) is 17.7 Å². The number of carbonyl (C=O) groups excluding carboxylic acids is 2. The number of urea groups is 1. The van der Waals surface area contributed by atoms with Gasteiger partial charge in [0, 0.05) is 38.9 Å². The number of ether oxygens (including phenoxy) is 1. The first kappa shape index (κ1) is 16.3. The number of hydrogen-bond donors (Lipinski definition) is 3. The average Bonchev–Trinajstić information content (AvgIpc) is 2.56. The Labute approximate surface area is 129 Å². The number of fused-ring (bicyclic) bond motifs is 1. The van der Waals surface area contributed by atoms with Crippen LogP contribution < -0.4 is 10.8 Å². The minimum absolute atomic E-state index is 0.112. The maximum atomic E-state index is 12.1. The van der Waals surface area contributed by atoms with Crippen molar-refractivity contribution in [1.29, 1.82) is 0 Å². The first-order chi connectivity index (χ1) is 10.7. The van der Waals surface area contributed by atoms with E-state index in [1.165, 1.54) is 0 Å². The molecule has 0 aliphatic carbocycles. The summed E-state index contributed by atoms with van der Waals surface area (Å²) in [6, 6.07) is 5.14. The van der Waals surface area contributed by atoms with Gasteiger partial charge in [-0.2, -0.15) is 0 Å². The van der Waals surface area contributed by atoms with Gasteiger partial charge in [0.2, 0.25) is 0 Å². The molecule has 0 spiro atoms. The molecule has 3 amide bonds. The topological polar surface area (TPSA) is 90.9 Å². The Hall–Kier alpha value is -2.12. The predicted molar refractivity (Wildman–Crippen MR) is 79.7 cm³/mol. The van der Waals surface area contributed by atoms with E-state index in [1.807, 2.05) is 6.07 Å². The minimum Gasteiger partial charge on any atom is -0.385 e. The van der Waals surface area contributed by atoms with Gasteiger partial charge >= 0.3 is 6.03 Å². The van der Waals surface area contributed by atoms with Gasteiger partial charge in [0.05, 0.1) is 0 Å². The van der Waals surface area contributed by atoms with Crippen LogP contribution in [0.4, 0.5) is 4.79 Å². The smallest absolute Gasteiger partial charge is 0.317 e. The number of methoxy groups -OCH3 is 1. The first-order valence-corrected chi connectivity index (χ1v) is 7.23. The summed E-state index contributed by atoms with van der Waals surface area (Å²) in [6.45, 7) is 2.29. The molecule has 1 aliphatic rings. The van der Waals surface area contributed by atoms with Gasteiger partial charge in [-0.15, -0.1) is 0 Å². The van der Waals surface area contributed by atoms with E-state index in [0.29, 0.717) is 31.8 Å². The van der Waals surface area contributed by atoms with Gasteiger partial charge in [-0.3, -0.25) is 10.0 Å². The summed E-state index contributed by atoms with van der Waals surface area (Å²) in [7, 11) is 1.63. The van der Waals surface area contributed by atoms with Crippen LogP contribution in [0.2, 0.25) is 0 Å². The highest BCUT2D eigenvalue weighted by Crippen LogP contribution is 2.20. The Morgan fingerprint density at radius 1 is 1.36 bits per heavy atom. The van der Waals surface area contributed by atoms with Crippen molar-refractivity contribution in [1.82, 2.24) is 15.7 Å². The third-order valence-electron chi connectivity index (χ3n) is 3.67. The molecule has 7 heteroatoms. The molecule has 1 aromatic carbocycles. The lowest BCUT2D eigenvalue weighted by atomic mass is 9.97. The lowest BCUT2D eigenvalue weighted by Crippen LogP contribution is -2.43. The summed E-state index contributed by atoms with van der Waals surface area (Å²) in [6.07, 6.45) is 1.52. The van der Waals surface area contributed by atoms with Crippen LogP contribution in [0.15, 0.2) is 18.2 Å². The Bertz CT molecular complexity index is 548. The molecule has 1 aliphatic heterocycles. The fourth-order valence-corrected chi connectivity index (χ4v) is 2.46. The Balaban J connectivity index is 1.97. The number of nitrogens with one attached hydrogen (secondary N) is 2. The number of nitrogens with zero attached hydrogens (tertiary/aromatic N) is 1. The Morgan fingerprint density at radius 2 is 2.18 bits per heavy atom. The van der Waals surface area contributed by atoms with Crippen molar-refractivity contribution >= 4 is 11.9 Å². The van der Waals surface area contributed by atoms with Crippen LogP contribution in [0.3, 0.4) is 0 Å². The molecule has 0 saturated carbocycles. The fourth-order valence-electron chi connectivity index (χ4n) is 2.46. The minimum atomic E-state index is -0.552. The summed E-state index contributed by atoms with van der Waals surface area (Å²) in [4.78, 5) is 25.3. The first-order valence-electron chi connectivity index (χ1n) is 7.23. The molecular weight excluding hydrogens is 286 g/mol. The largest absolute Gasteiger partial charge is 0.385 e. The van der Waals surface area contributed by atoms with E-state index in [9.17, 15) is 9.59 Å². The molecule has 3 N–H and O–H groups in total. The zero-order valence-corrected chi connectivity index (χ0v) is 12.6. The van der Waals surface area contributed by atoms with Crippen molar-refractivity contribution in [3.8, 4) is 0 Å². The number of hydroxylamine groups is 1. The van der Waals surface area contributed by atoms with E-state index in [2.05, 4.69) is 5.32 Å². The van der Waals surface area contributed by atoms with Gasteiger partial charge in [0.1, 0.15) is 0 Å². The van der Waals surface area contributed by atoms with E-state index in [0.717, 1.165) is 24.0 Å². The number of benzene rings is 1. The molecular formula is C15H21N3O4. The van der Waals surface area contributed by atoms with Gasteiger partial charge in [0.25, 0.3) is 5.91 Å². The van der Waals surface area contributed by atoms with Crippen molar-refractivity contribution < 1.29 is 19.5 Å². The molecule has 7 nitrogen and oxygen atoms in total. The lowest BCUT2D eigenvalue weighted by Gasteiger charge is -2.29. The molecule has 1 aromatic rings. The summed E-state index contributed by atoms with van der Waals surface area (Å²) in [5, 5.41) is 11.5. The zero-order chi connectivity index (χ0) is 15.9. The third-order valence-corrected chi connectivity index (χ3v) is 3.67. The molecule has 0 aromatic heterocycles. The van der Waals surface area contributed by atoms with E-state index in [-0.39, 0.29) is 6.03 Å². The second-order valence-electron chi connectivity index (χ2n) is 5.17. The average molecular weight is 307 g/mol. The fraction of sp³-hybridized carbons (Fsp3) is 0.467. The molecule has 0 radical (unpaired) electrons. The van der Waals surface area contributed by atoms with Gasteiger partial charge in [-0.1, -0.05) is 6.07 Å². The van der Waals surface area contributed by atoms with Gasteiger partial charge in [-0.25, -0.2) is 10.3 Å². The maximum Gasteiger partial charge on any atom is 0.317 e.